The molecule has 0 aromatic heterocycles. The summed E-state index contributed by atoms with van der Waals surface area (Å²) in [6.45, 7) is 0. The standard InChI is InChI=1S/C8H16N2O2/c9-6-3-1-5(2-4-6)7(11)8(10)12/h5-7,11H,1-4,9H2,(H2,10,12)/t5?,6?,7-/m1/s1. The normalized spacial score (nSPS) is 32.8. The molecule has 0 aliphatic heterocycles. The molecule has 4 heteroatoms. The number of hydrogen-bond acceptors (Lipinski definition) is 3. The predicted molar refractivity (Wildman–Crippen MR) is 45.1 cm³/mol. The van der Waals surface area contributed by atoms with Crippen LogP contribution in [0.25, 0.3) is 0 Å². The highest BCUT2D eigenvalue weighted by Gasteiger charge is 2.27. The van der Waals surface area contributed by atoms with Crippen molar-refractivity contribution in [1.82, 2.24) is 0 Å². The van der Waals surface area contributed by atoms with Gasteiger partial charge in [-0.25, -0.2) is 0 Å². The number of carbonyl (C=O) groups is 1. The molecule has 1 saturated carbocycles. The summed E-state index contributed by atoms with van der Waals surface area (Å²) in [7, 11) is 0. The molecule has 0 radical (unpaired) electrons. The number of nitrogens with two attached hydrogens (primary N) is 2. The Kier molecular flexibility index (Phi) is 3.05. The Balaban J connectivity index is 2.39. The van der Waals surface area contributed by atoms with E-state index in [0.717, 1.165) is 25.7 Å². The third-order valence-electron chi connectivity index (χ3n) is 2.55. The van der Waals surface area contributed by atoms with E-state index in [0.29, 0.717) is 0 Å². The van der Waals surface area contributed by atoms with Crippen molar-refractivity contribution >= 4 is 5.91 Å². The SMILES string of the molecule is NC(=O)[C@H](O)C1CCC(N)CC1. The summed E-state index contributed by atoms with van der Waals surface area (Å²) in [4.78, 5) is 10.6. The Bertz CT molecular complexity index is 164. The fourth-order valence-corrected chi connectivity index (χ4v) is 1.69. The van der Waals surface area contributed by atoms with Crippen LogP contribution in [0.2, 0.25) is 0 Å². The van der Waals surface area contributed by atoms with Crippen molar-refractivity contribution < 1.29 is 9.90 Å². The number of aliphatic hydroxyl groups is 1. The first kappa shape index (κ1) is 9.48. The lowest BCUT2D eigenvalue weighted by molar-refractivity contribution is -0.129. The molecule has 5 N–H and O–H groups in total. The maximum Gasteiger partial charge on any atom is 0.246 e. The van der Waals surface area contributed by atoms with Crippen LogP contribution in [-0.2, 0) is 4.79 Å². The van der Waals surface area contributed by atoms with Crippen LogP contribution in [0.5, 0.6) is 0 Å². The highest BCUT2D eigenvalue weighted by Crippen LogP contribution is 2.25. The average molecular weight is 172 g/mol. The van der Waals surface area contributed by atoms with Gasteiger partial charge in [0.2, 0.25) is 5.91 Å². The molecular formula is C8H16N2O2. The van der Waals surface area contributed by atoms with E-state index in [1.165, 1.54) is 0 Å². The molecule has 4 nitrogen and oxygen atoms in total. The molecule has 0 saturated heterocycles. The van der Waals surface area contributed by atoms with Gasteiger partial charge in [0.1, 0.15) is 6.10 Å². The highest BCUT2D eigenvalue weighted by molar-refractivity contribution is 5.78. The van der Waals surface area contributed by atoms with Gasteiger partial charge in [0.15, 0.2) is 0 Å². The molecule has 0 bridgehead atoms. The molecule has 1 aliphatic carbocycles. The summed E-state index contributed by atoms with van der Waals surface area (Å²) in [5, 5.41) is 9.32. The Labute approximate surface area is 71.9 Å². The van der Waals surface area contributed by atoms with Crippen molar-refractivity contribution in [2.45, 2.75) is 37.8 Å². The smallest absolute Gasteiger partial charge is 0.246 e. The molecule has 0 aromatic carbocycles. The van der Waals surface area contributed by atoms with Gasteiger partial charge in [-0.2, -0.15) is 0 Å². The van der Waals surface area contributed by atoms with Crippen LogP contribution in [0.4, 0.5) is 0 Å². The van der Waals surface area contributed by atoms with E-state index in [9.17, 15) is 9.90 Å². The molecule has 0 spiro atoms. The van der Waals surface area contributed by atoms with Gasteiger partial charge < -0.3 is 16.6 Å². The quantitative estimate of drug-likeness (QED) is 0.517. The minimum atomic E-state index is -0.975. The molecule has 0 unspecified atom stereocenters. The van der Waals surface area contributed by atoms with E-state index < -0.39 is 12.0 Å². The van der Waals surface area contributed by atoms with E-state index in [1.54, 1.807) is 0 Å². The van der Waals surface area contributed by atoms with E-state index in [2.05, 4.69) is 0 Å². The van der Waals surface area contributed by atoms with Crippen molar-refractivity contribution in [1.29, 1.82) is 0 Å². The summed E-state index contributed by atoms with van der Waals surface area (Å²) >= 11 is 0. The monoisotopic (exact) mass is 172 g/mol. The first-order valence-electron chi connectivity index (χ1n) is 4.34. The zero-order valence-electron chi connectivity index (χ0n) is 7.07. The highest BCUT2D eigenvalue weighted by atomic mass is 16.3. The number of hydrogen-bond donors (Lipinski definition) is 3. The topological polar surface area (TPSA) is 89.3 Å². The van der Waals surface area contributed by atoms with E-state index in [1.807, 2.05) is 0 Å². The van der Waals surface area contributed by atoms with Crippen molar-refractivity contribution in [3.8, 4) is 0 Å². The Morgan fingerprint density at radius 2 is 1.83 bits per heavy atom. The third kappa shape index (κ3) is 2.19. The molecule has 1 atom stereocenters. The van der Waals surface area contributed by atoms with Gasteiger partial charge in [-0.3, -0.25) is 4.79 Å². The molecule has 70 valence electrons. The molecule has 1 rings (SSSR count). The third-order valence-corrected chi connectivity index (χ3v) is 2.55. The summed E-state index contributed by atoms with van der Waals surface area (Å²) < 4.78 is 0. The molecule has 12 heavy (non-hydrogen) atoms. The first-order valence-corrected chi connectivity index (χ1v) is 4.34. The van der Waals surface area contributed by atoms with E-state index >= 15 is 0 Å². The van der Waals surface area contributed by atoms with Crippen LogP contribution in [0.15, 0.2) is 0 Å². The number of rotatable bonds is 2. The predicted octanol–water partition coefficient (Wildman–Crippen LogP) is -0.650. The van der Waals surface area contributed by atoms with Crippen molar-refractivity contribution in [3.63, 3.8) is 0 Å². The number of carbonyl (C=O) groups excluding carboxylic acids is 1. The van der Waals surface area contributed by atoms with Crippen LogP contribution in [0, 0.1) is 5.92 Å². The summed E-state index contributed by atoms with van der Waals surface area (Å²) in [6.07, 6.45) is 2.41. The van der Waals surface area contributed by atoms with Gasteiger partial charge >= 0.3 is 0 Å². The van der Waals surface area contributed by atoms with Crippen LogP contribution in [0.1, 0.15) is 25.7 Å². The van der Waals surface area contributed by atoms with Gasteiger partial charge in [-0.15, -0.1) is 0 Å². The second kappa shape index (κ2) is 3.87. The van der Waals surface area contributed by atoms with Crippen LogP contribution < -0.4 is 11.5 Å². The van der Waals surface area contributed by atoms with Gasteiger partial charge in [-0.1, -0.05) is 0 Å². The summed E-state index contributed by atoms with van der Waals surface area (Å²) in [5.74, 6) is -0.585. The second-order valence-corrected chi connectivity index (χ2v) is 3.52. The van der Waals surface area contributed by atoms with Gasteiger partial charge in [-0.05, 0) is 31.6 Å². The van der Waals surface area contributed by atoms with Crippen molar-refractivity contribution in [2.75, 3.05) is 0 Å². The Hall–Kier alpha value is -0.610. The molecular weight excluding hydrogens is 156 g/mol. The molecule has 1 amide bonds. The van der Waals surface area contributed by atoms with Crippen molar-refractivity contribution in [3.05, 3.63) is 0 Å². The summed E-state index contributed by atoms with van der Waals surface area (Å²) in [5.41, 5.74) is 10.7. The number of aliphatic hydroxyl groups excluding tert-OH is 1. The largest absolute Gasteiger partial charge is 0.383 e. The van der Waals surface area contributed by atoms with E-state index in [4.69, 9.17) is 11.5 Å². The number of amides is 1. The van der Waals surface area contributed by atoms with Crippen LogP contribution >= 0.6 is 0 Å². The minimum absolute atomic E-state index is 0.0299. The first-order chi connectivity index (χ1) is 5.61. The lowest BCUT2D eigenvalue weighted by Crippen LogP contribution is -2.39. The molecule has 0 aromatic rings. The van der Waals surface area contributed by atoms with Crippen LogP contribution in [-0.4, -0.2) is 23.2 Å². The van der Waals surface area contributed by atoms with Gasteiger partial charge in [0.25, 0.3) is 0 Å². The van der Waals surface area contributed by atoms with Crippen LogP contribution in [0.3, 0.4) is 0 Å². The lowest BCUT2D eigenvalue weighted by Gasteiger charge is -2.27. The minimum Gasteiger partial charge on any atom is -0.383 e. The fraction of sp³-hybridized carbons (Fsp3) is 0.875. The zero-order chi connectivity index (χ0) is 9.14. The van der Waals surface area contributed by atoms with E-state index in [-0.39, 0.29) is 12.0 Å². The van der Waals surface area contributed by atoms with Crippen molar-refractivity contribution in [2.24, 2.45) is 17.4 Å². The maximum absolute atomic E-state index is 10.6. The Morgan fingerprint density at radius 1 is 1.33 bits per heavy atom. The lowest BCUT2D eigenvalue weighted by atomic mass is 9.83. The Morgan fingerprint density at radius 3 is 2.25 bits per heavy atom. The summed E-state index contributed by atoms with van der Waals surface area (Å²) in [6, 6.07) is 0.237. The molecule has 0 heterocycles. The maximum atomic E-state index is 10.6. The molecule has 1 aliphatic rings. The number of primary amides is 1. The molecule has 1 fully saturated rings. The fourth-order valence-electron chi connectivity index (χ4n) is 1.69. The van der Waals surface area contributed by atoms with Gasteiger partial charge in [0.05, 0.1) is 0 Å². The second-order valence-electron chi connectivity index (χ2n) is 3.52. The average Bonchev–Trinajstić information content (AvgIpc) is 2.04. The van der Waals surface area contributed by atoms with Gasteiger partial charge in [0, 0.05) is 6.04 Å². The zero-order valence-corrected chi connectivity index (χ0v) is 7.07.